The number of piperazine rings is 1. The first-order valence-corrected chi connectivity index (χ1v) is 10.8. The highest BCUT2D eigenvalue weighted by molar-refractivity contribution is 6.03. The Bertz CT molecular complexity index is 1430. The Morgan fingerprint density at radius 2 is 1.72 bits per heavy atom. The molecular weight excluding hydrogens is 400 g/mol. The first-order valence-electron chi connectivity index (χ1n) is 10.8. The molecule has 6 rings (SSSR count). The van der Waals surface area contributed by atoms with Gasteiger partial charge in [0.25, 0.3) is 5.91 Å². The van der Waals surface area contributed by atoms with Crippen LogP contribution in [0.25, 0.3) is 21.7 Å². The van der Waals surface area contributed by atoms with Crippen LogP contribution in [0, 0.1) is 0 Å². The number of nitrogens with zero attached hydrogens (tertiary/aromatic N) is 3. The number of hydrogen-bond acceptors (Lipinski definition) is 3. The molecule has 0 saturated carbocycles. The van der Waals surface area contributed by atoms with Gasteiger partial charge in [0.15, 0.2) is 5.54 Å². The summed E-state index contributed by atoms with van der Waals surface area (Å²) in [5.41, 5.74) is 2.70. The molecule has 2 aliphatic rings. The lowest BCUT2D eigenvalue weighted by Gasteiger charge is -2.48. The molecule has 2 aliphatic heterocycles. The molecule has 2 amide bonds. The van der Waals surface area contributed by atoms with E-state index in [1.165, 1.54) is 5.01 Å². The van der Waals surface area contributed by atoms with E-state index in [4.69, 9.17) is 0 Å². The van der Waals surface area contributed by atoms with Crippen molar-refractivity contribution < 1.29 is 9.59 Å². The molecule has 0 unspecified atom stereocenters. The Morgan fingerprint density at radius 3 is 2.59 bits per heavy atom. The maximum atomic E-state index is 13.7. The Labute approximate surface area is 185 Å². The minimum absolute atomic E-state index is 0.0503. The van der Waals surface area contributed by atoms with Crippen molar-refractivity contribution in [3.8, 4) is 0 Å². The summed E-state index contributed by atoms with van der Waals surface area (Å²) in [6.45, 7) is 2.31. The topological polar surface area (TPSA) is 68.8 Å². The SMILES string of the molecule is C[C@@]12C(=O)N(N=Cc3cccc4ccccc34)CC(=O)N1CCc1c2[nH]c2ccccc12. The van der Waals surface area contributed by atoms with Crippen molar-refractivity contribution in [3.63, 3.8) is 0 Å². The van der Waals surface area contributed by atoms with Crippen LogP contribution in [-0.4, -0.2) is 46.0 Å². The third-order valence-corrected chi connectivity index (χ3v) is 6.82. The second-order valence-electron chi connectivity index (χ2n) is 8.57. The third-order valence-electron chi connectivity index (χ3n) is 6.82. The summed E-state index contributed by atoms with van der Waals surface area (Å²) in [5.74, 6) is -0.285. The van der Waals surface area contributed by atoms with Gasteiger partial charge in [0, 0.05) is 23.0 Å². The van der Waals surface area contributed by atoms with E-state index < -0.39 is 5.54 Å². The average molecular weight is 422 g/mol. The first-order chi connectivity index (χ1) is 15.6. The number of carbonyl (C=O) groups is 2. The third kappa shape index (κ3) is 2.56. The highest BCUT2D eigenvalue weighted by atomic mass is 16.2. The number of amides is 2. The zero-order valence-electron chi connectivity index (χ0n) is 17.7. The lowest BCUT2D eigenvalue weighted by atomic mass is 9.83. The standard InChI is InChI=1S/C26H22N4O2/c1-26-24-21(20-11-4-5-12-22(20)28-24)13-14-29(26)23(31)16-30(25(26)32)27-15-18-9-6-8-17-7-2-3-10-19(17)18/h2-12,15,28H,13-14,16H2,1H3/t26-/m1/s1. The number of H-pyrrole nitrogens is 1. The molecule has 3 heterocycles. The van der Waals surface area contributed by atoms with E-state index in [0.717, 1.165) is 44.9 Å². The number of aromatic amines is 1. The van der Waals surface area contributed by atoms with Crippen LogP contribution < -0.4 is 0 Å². The first kappa shape index (κ1) is 18.8. The lowest BCUT2D eigenvalue weighted by molar-refractivity contribution is -0.165. The summed E-state index contributed by atoms with van der Waals surface area (Å²) in [6, 6.07) is 22.1. The summed E-state index contributed by atoms with van der Waals surface area (Å²) in [4.78, 5) is 32.0. The minimum Gasteiger partial charge on any atom is -0.356 e. The number of para-hydroxylation sites is 1. The Hall–Kier alpha value is -3.93. The van der Waals surface area contributed by atoms with Crippen LogP contribution in [0.5, 0.6) is 0 Å². The zero-order chi connectivity index (χ0) is 21.9. The predicted octanol–water partition coefficient (Wildman–Crippen LogP) is 3.80. The summed E-state index contributed by atoms with van der Waals surface area (Å²) in [7, 11) is 0. The van der Waals surface area contributed by atoms with Gasteiger partial charge >= 0.3 is 0 Å². The van der Waals surface area contributed by atoms with Crippen molar-refractivity contribution in [1.82, 2.24) is 14.9 Å². The molecule has 6 nitrogen and oxygen atoms in total. The van der Waals surface area contributed by atoms with E-state index in [2.05, 4.69) is 16.2 Å². The molecule has 1 aromatic heterocycles. The molecule has 0 bridgehead atoms. The van der Waals surface area contributed by atoms with Crippen LogP contribution in [0.2, 0.25) is 0 Å². The smallest absolute Gasteiger partial charge is 0.275 e. The van der Waals surface area contributed by atoms with Gasteiger partial charge in [0.1, 0.15) is 6.54 Å². The van der Waals surface area contributed by atoms with Crippen LogP contribution in [-0.2, 0) is 21.5 Å². The maximum Gasteiger partial charge on any atom is 0.275 e. The van der Waals surface area contributed by atoms with Crippen LogP contribution in [0.1, 0.15) is 23.7 Å². The molecule has 4 aromatic rings. The number of rotatable bonds is 2. The fraction of sp³-hybridized carbons (Fsp3) is 0.192. The van der Waals surface area contributed by atoms with Crippen LogP contribution in [0.4, 0.5) is 0 Å². The van der Waals surface area contributed by atoms with Gasteiger partial charge in [0.05, 0.1) is 11.9 Å². The van der Waals surface area contributed by atoms with Crippen molar-refractivity contribution in [2.24, 2.45) is 5.10 Å². The number of benzene rings is 3. The molecule has 3 aromatic carbocycles. The van der Waals surface area contributed by atoms with Crippen LogP contribution >= 0.6 is 0 Å². The molecular formula is C26H22N4O2. The molecule has 1 saturated heterocycles. The molecule has 0 aliphatic carbocycles. The van der Waals surface area contributed by atoms with Gasteiger partial charge in [-0.25, -0.2) is 5.01 Å². The van der Waals surface area contributed by atoms with E-state index in [1.54, 1.807) is 11.1 Å². The van der Waals surface area contributed by atoms with E-state index in [0.29, 0.717) is 6.54 Å². The number of hydrogen-bond donors (Lipinski definition) is 1. The summed E-state index contributed by atoms with van der Waals surface area (Å²) >= 11 is 0. The van der Waals surface area contributed by atoms with Crippen molar-refractivity contribution in [2.75, 3.05) is 13.1 Å². The normalized spacial score (nSPS) is 20.9. The highest BCUT2D eigenvalue weighted by Crippen LogP contribution is 2.41. The van der Waals surface area contributed by atoms with Gasteiger partial charge in [0.2, 0.25) is 5.91 Å². The molecule has 0 radical (unpaired) electrons. The van der Waals surface area contributed by atoms with Crippen molar-refractivity contribution in [3.05, 3.63) is 83.6 Å². The Balaban J connectivity index is 1.42. The summed E-state index contributed by atoms with van der Waals surface area (Å²) in [5, 5.41) is 9.08. The zero-order valence-corrected chi connectivity index (χ0v) is 17.7. The summed E-state index contributed by atoms with van der Waals surface area (Å²) in [6.07, 6.45) is 2.41. The van der Waals surface area contributed by atoms with Gasteiger partial charge in [-0.05, 0) is 35.7 Å². The molecule has 6 heteroatoms. The Kier molecular flexibility index (Phi) is 3.99. The number of aromatic nitrogens is 1. The van der Waals surface area contributed by atoms with Crippen molar-refractivity contribution in [2.45, 2.75) is 18.9 Å². The van der Waals surface area contributed by atoms with Gasteiger partial charge in [-0.1, -0.05) is 60.7 Å². The monoisotopic (exact) mass is 422 g/mol. The van der Waals surface area contributed by atoms with E-state index in [9.17, 15) is 9.59 Å². The van der Waals surface area contributed by atoms with Gasteiger partial charge in [-0.2, -0.15) is 5.10 Å². The molecule has 32 heavy (non-hydrogen) atoms. The van der Waals surface area contributed by atoms with Gasteiger partial charge < -0.3 is 9.88 Å². The second kappa shape index (κ2) is 6.79. The lowest BCUT2D eigenvalue weighted by Crippen LogP contribution is -2.65. The Morgan fingerprint density at radius 1 is 0.969 bits per heavy atom. The fourth-order valence-electron chi connectivity index (χ4n) is 5.18. The number of carbonyl (C=O) groups excluding carboxylic acids is 2. The van der Waals surface area contributed by atoms with Gasteiger partial charge in [-0.3, -0.25) is 9.59 Å². The van der Waals surface area contributed by atoms with Crippen LogP contribution in [0.15, 0.2) is 71.8 Å². The molecule has 1 N–H and O–H groups in total. The minimum atomic E-state index is -1.10. The number of nitrogens with one attached hydrogen (secondary N) is 1. The fourth-order valence-corrected chi connectivity index (χ4v) is 5.18. The van der Waals surface area contributed by atoms with Crippen LogP contribution in [0.3, 0.4) is 0 Å². The maximum absolute atomic E-state index is 13.7. The largest absolute Gasteiger partial charge is 0.356 e. The second-order valence-corrected chi connectivity index (χ2v) is 8.57. The average Bonchev–Trinajstić information content (AvgIpc) is 3.21. The molecule has 1 fully saturated rings. The predicted molar refractivity (Wildman–Crippen MR) is 124 cm³/mol. The number of fused-ring (bicyclic) bond motifs is 6. The summed E-state index contributed by atoms with van der Waals surface area (Å²) < 4.78 is 0. The van der Waals surface area contributed by atoms with Crippen molar-refractivity contribution >= 4 is 39.7 Å². The van der Waals surface area contributed by atoms with E-state index in [1.807, 2.05) is 67.6 Å². The number of hydrazone groups is 1. The van der Waals surface area contributed by atoms with Crippen molar-refractivity contribution in [1.29, 1.82) is 0 Å². The van der Waals surface area contributed by atoms with E-state index >= 15 is 0 Å². The quantitative estimate of drug-likeness (QED) is 0.499. The molecule has 0 spiro atoms. The van der Waals surface area contributed by atoms with Gasteiger partial charge in [-0.15, -0.1) is 0 Å². The molecule has 1 atom stereocenters. The van der Waals surface area contributed by atoms with E-state index in [-0.39, 0.29) is 18.4 Å². The highest BCUT2D eigenvalue weighted by Gasteiger charge is 2.54. The molecule has 158 valence electrons.